The molecule has 1 aromatic heterocycles. The molecule has 74 valence electrons. The maximum absolute atomic E-state index is 8.75. The first-order valence-electron chi connectivity index (χ1n) is 3.64. The van der Waals surface area contributed by atoms with E-state index in [0.717, 1.165) is 10.9 Å². The van der Waals surface area contributed by atoms with Crippen molar-refractivity contribution in [3.8, 4) is 6.07 Å². The first-order chi connectivity index (χ1) is 5.81. The molecule has 0 fully saturated rings. The fraction of sp³-hybridized carbons (Fsp3) is 0.111. The SMILES string of the molecule is Cl.Cl.Cn1cc2cccc(C#N)c2n1. The number of nitrogens with zero attached hydrogens (tertiary/aromatic N) is 3. The first kappa shape index (κ1) is 12.8. The van der Waals surface area contributed by atoms with Crippen molar-refractivity contribution in [3.63, 3.8) is 0 Å². The summed E-state index contributed by atoms with van der Waals surface area (Å²) in [5, 5.41) is 13.9. The second kappa shape index (κ2) is 4.85. The van der Waals surface area contributed by atoms with Crippen LogP contribution in [0.5, 0.6) is 0 Å². The van der Waals surface area contributed by atoms with Crippen LogP contribution < -0.4 is 0 Å². The number of hydrogen-bond donors (Lipinski definition) is 0. The minimum absolute atomic E-state index is 0. The third-order valence-electron chi connectivity index (χ3n) is 1.77. The van der Waals surface area contributed by atoms with Crippen molar-refractivity contribution in [2.24, 2.45) is 7.05 Å². The second-order valence-electron chi connectivity index (χ2n) is 2.66. The van der Waals surface area contributed by atoms with Gasteiger partial charge in [0.2, 0.25) is 0 Å². The van der Waals surface area contributed by atoms with E-state index in [-0.39, 0.29) is 24.8 Å². The van der Waals surface area contributed by atoms with Gasteiger partial charge in [0.25, 0.3) is 0 Å². The molecule has 0 aliphatic rings. The quantitative estimate of drug-likeness (QED) is 0.696. The van der Waals surface area contributed by atoms with Crippen molar-refractivity contribution in [1.29, 1.82) is 5.26 Å². The molecule has 0 unspecified atom stereocenters. The Bertz CT molecular complexity index is 470. The van der Waals surface area contributed by atoms with E-state index < -0.39 is 0 Å². The average Bonchev–Trinajstić information content (AvgIpc) is 2.44. The van der Waals surface area contributed by atoms with Crippen LogP contribution in [-0.2, 0) is 7.05 Å². The summed E-state index contributed by atoms with van der Waals surface area (Å²) in [6.07, 6.45) is 1.90. The van der Waals surface area contributed by atoms with E-state index in [1.165, 1.54) is 0 Å². The highest BCUT2D eigenvalue weighted by Crippen LogP contribution is 2.14. The summed E-state index contributed by atoms with van der Waals surface area (Å²) in [7, 11) is 1.85. The molecule has 0 N–H and O–H groups in total. The third kappa shape index (κ3) is 1.98. The van der Waals surface area contributed by atoms with E-state index in [4.69, 9.17) is 5.26 Å². The molecule has 0 bridgehead atoms. The van der Waals surface area contributed by atoms with Gasteiger partial charge in [-0.25, -0.2) is 0 Å². The van der Waals surface area contributed by atoms with Crippen LogP contribution >= 0.6 is 24.8 Å². The van der Waals surface area contributed by atoms with E-state index >= 15 is 0 Å². The number of hydrogen-bond acceptors (Lipinski definition) is 2. The minimum Gasteiger partial charge on any atom is -0.275 e. The van der Waals surface area contributed by atoms with Gasteiger partial charge in [-0.05, 0) is 6.07 Å². The predicted octanol–water partition coefficient (Wildman–Crippen LogP) is 2.29. The molecule has 5 heteroatoms. The van der Waals surface area contributed by atoms with Crippen LogP contribution in [-0.4, -0.2) is 9.78 Å². The van der Waals surface area contributed by atoms with Crippen molar-refractivity contribution < 1.29 is 0 Å². The van der Waals surface area contributed by atoms with Crippen molar-refractivity contribution in [3.05, 3.63) is 30.0 Å². The lowest BCUT2D eigenvalue weighted by molar-refractivity contribution is 0.779. The Morgan fingerprint density at radius 3 is 2.71 bits per heavy atom. The van der Waals surface area contributed by atoms with Gasteiger partial charge in [0.15, 0.2) is 0 Å². The Hall–Kier alpha value is -1.24. The molecule has 2 aromatic rings. The zero-order valence-electron chi connectivity index (χ0n) is 7.47. The molecular formula is C9H9Cl2N3. The van der Waals surface area contributed by atoms with Gasteiger partial charge in [0.1, 0.15) is 11.6 Å². The number of aryl methyl sites for hydroxylation is 1. The summed E-state index contributed by atoms with van der Waals surface area (Å²) >= 11 is 0. The summed E-state index contributed by atoms with van der Waals surface area (Å²) in [5.74, 6) is 0. The molecule has 0 aliphatic carbocycles. The number of benzene rings is 1. The van der Waals surface area contributed by atoms with E-state index in [0.29, 0.717) is 5.56 Å². The maximum Gasteiger partial charge on any atom is 0.110 e. The lowest BCUT2D eigenvalue weighted by Crippen LogP contribution is -1.86. The van der Waals surface area contributed by atoms with Gasteiger partial charge in [0, 0.05) is 18.6 Å². The summed E-state index contributed by atoms with van der Waals surface area (Å²) < 4.78 is 1.71. The molecule has 1 aromatic carbocycles. The third-order valence-corrected chi connectivity index (χ3v) is 1.77. The highest BCUT2D eigenvalue weighted by molar-refractivity contribution is 5.85. The van der Waals surface area contributed by atoms with Crippen LogP contribution in [0.1, 0.15) is 5.56 Å². The molecular weight excluding hydrogens is 221 g/mol. The molecule has 2 rings (SSSR count). The summed E-state index contributed by atoms with van der Waals surface area (Å²) in [5.41, 5.74) is 1.41. The molecule has 3 nitrogen and oxygen atoms in total. The van der Waals surface area contributed by atoms with Crippen molar-refractivity contribution >= 4 is 35.7 Å². The monoisotopic (exact) mass is 229 g/mol. The van der Waals surface area contributed by atoms with Gasteiger partial charge in [-0.3, -0.25) is 4.68 Å². The lowest BCUT2D eigenvalue weighted by Gasteiger charge is -1.87. The van der Waals surface area contributed by atoms with Crippen LogP contribution in [0.25, 0.3) is 10.9 Å². The Morgan fingerprint density at radius 2 is 2.07 bits per heavy atom. The predicted molar refractivity (Wildman–Crippen MR) is 59.9 cm³/mol. The van der Waals surface area contributed by atoms with Crippen LogP contribution in [0.3, 0.4) is 0 Å². The maximum atomic E-state index is 8.75. The smallest absolute Gasteiger partial charge is 0.110 e. The number of halogens is 2. The highest BCUT2D eigenvalue weighted by Gasteiger charge is 2.02. The van der Waals surface area contributed by atoms with Gasteiger partial charge in [-0.1, -0.05) is 12.1 Å². The summed E-state index contributed by atoms with van der Waals surface area (Å²) in [6.45, 7) is 0. The Balaban J connectivity index is 0.000000845. The van der Waals surface area contributed by atoms with Crippen LogP contribution in [0.4, 0.5) is 0 Å². The molecule has 0 spiro atoms. The average molecular weight is 230 g/mol. The first-order valence-corrected chi connectivity index (χ1v) is 3.64. The van der Waals surface area contributed by atoms with Gasteiger partial charge < -0.3 is 0 Å². The Morgan fingerprint density at radius 1 is 1.36 bits per heavy atom. The van der Waals surface area contributed by atoms with Gasteiger partial charge in [-0.2, -0.15) is 10.4 Å². The largest absolute Gasteiger partial charge is 0.275 e. The van der Waals surface area contributed by atoms with Crippen molar-refractivity contribution in [2.45, 2.75) is 0 Å². The topological polar surface area (TPSA) is 41.6 Å². The summed E-state index contributed by atoms with van der Waals surface area (Å²) in [6, 6.07) is 7.69. The molecule has 14 heavy (non-hydrogen) atoms. The lowest BCUT2D eigenvalue weighted by atomic mass is 10.2. The van der Waals surface area contributed by atoms with Gasteiger partial charge in [0.05, 0.1) is 5.56 Å². The molecule has 0 radical (unpaired) electrons. The molecule has 0 amide bonds. The van der Waals surface area contributed by atoms with E-state index in [1.807, 2.05) is 25.4 Å². The Kier molecular flexibility index (Phi) is 4.42. The van der Waals surface area contributed by atoms with Crippen molar-refractivity contribution in [1.82, 2.24) is 9.78 Å². The van der Waals surface area contributed by atoms with Crippen LogP contribution in [0.2, 0.25) is 0 Å². The number of aromatic nitrogens is 2. The zero-order chi connectivity index (χ0) is 8.55. The van der Waals surface area contributed by atoms with Gasteiger partial charge in [-0.15, -0.1) is 24.8 Å². The molecule has 0 atom stereocenters. The number of rotatable bonds is 0. The molecule has 0 saturated heterocycles. The van der Waals surface area contributed by atoms with E-state index in [9.17, 15) is 0 Å². The van der Waals surface area contributed by atoms with Crippen molar-refractivity contribution in [2.75, 3.05) is 0 Å². The number of fused-ring (bicyclic) bond motifs is 1. The molecule has 0 saturated carbocycles. The highest BCUT2D eigenvalue weighted by atomic mass is 35.5. The Labute approximate surface area is 94.1 Å². The fourth-order valence-electron chi connectivity index (χ4n) is 1.26. The standard InChI is InChI=1S/C9H7N3.2ClH/c1-12-6-8-4-2-3-7(5-10)9(8)11-12;;/h2-4,6H,1H3;2*1H. The number of nitriles is 1. The van der Waals surface area contributed by atoms with E-state index in [1.54, 1.807) is 10.7 Å². The van der Waals surface area contributed by atoms with Crippen LogP contribution in [0, 0.1) is 11.3 Å². The molecule has 0 aliphatic heterocycles. The summed E-state index contributed by atoms with van der Waals surface area (Å²) in [4.78, 5) is 0. The second-order valence-corrected chi connectivity index (χ2v) is 2.66. The zero-order valence-corrected chi connectivity index (χ0v) is 9.10. The van der Waals surface area contributed by atoms with Crippen LogP contribution in [0.15, 0.2) is 24.4 Å². The van der Waals surface area contributed by atoms with E-state index in [2.05, 4.69) is 11.2 Å². The van der Waals surface area contributed by atoms with Gasteiger partial charge >= 0.3 is 0 Å². The molecule has 1 heterocycles. The normalized spacial score (nSPS) is 8.57. The fourth-order valence-corrected chi connectivity index (χ4v) is 1.26. The minimum atomic E-state index is 0.